The molecule has 2 heterocycles. The molecule has 0 spiro atoms. The lowest BCUT2D eigenvalue weighted by Gasteiger charge is -2.18. The van der Waals surface area contributed by atoms with Crippen LogP contribution in [0.2, 0.25) is 0 Å². The molecule has 5 heteroatoms. The van der Waals surface area contributed by atoms with E-state index in [-0.39, 0.29) is 11.5 Å². The summed E-state index contributed by atoms with van der Waals surface area (Å²) in [5, 5.41) is 2.99. The molecule has 1 aromatic rings. The Hall–Kier alpha value is -1.62. The molecule has 0 bridgehead atoms. The van der Waals surface area contributed by atoms with Crippen LogP contribution in [0.15, 0.2) is 10.9 Å². The van der Waals surface area contributed by atoms with Gasteiger partial charge in [0.2, 0.25) is 0 Å². The number of likely N-dealkylation sites (tertiary alicyclic amines) is 1. The number of carbonyl (C=O) groups excluding carboxylic acids is 1. The molecule has 1 aliphatic rings. The molecule has 1 aliphatic heterocycles. The van der Waals surface area contributed by atoms with Crippen LogP contribution in [0.3, 0.4) is 0 Å². The third kappa shape index (κ3) is 4.26. The first kappa shape index (κ1) is 18.7. The molecule has 134 valence electrons. The molecule has 0 saturated carbocycles. The second-order valence-corrected chi connectivity index (χ2v) is 7.41. The van der Waals surface area contributed by atoms with Gasteiger partial charge in [0, 0.05) is 31.9 Å². The second kappa shape index (κ2) is 7.97. The molecule has 0 radical (unpaired) electrons. The van der Waals surface area contributed by atoms with Gasteiger partial charge in [0.15, 0.2) is 0 Å². The number of carbonyl (C=O) groups is 1. The standard InChI is InChI=1S/C19H31N3O2/c1-6-22-15(5)9-14(4)17(19(22)24)18(23)20-10-16-7-8-21(12-16)11-13(2)3/h9,13,16H,6-8,10-12H2,1-5H3,(H,20,23)/t16-/m1/s1. The van der Waals surface area contributed by atoms with Crippen molar-refractivity contribution in [3.05, 3.63) is 33.2 Å². The third-order valence-corrected chi connectivity index (χ3v) is 4.79. The average Bonchev–Trinajstić information content (AvgIpc) is 2.91. The first-order chi connectivity index (χ1) is 11.3. The zero-order valence-electron chi connectivity index (χ0n) is 15.7. The number of aromatic nitrogens is 1. The highest BCUT2D eigenvalue weighted by atomic mass is 16.2. The van der Waals surface area contributed by atoms with E-state index in [0.29, 0.717) is 30.5 Å². The topological polar surface area (TPSA) is 54.3 Å². The smallest absolute Gasteiger partial charge is 0.263 e. The Morgan fingerprint density at radius 3 is 2.71 bits per heavy atom. The molecule has 24 heavy (non-hydrogen) atoms. The van der Waals surface area contributed by atoms with Crippen molar-refractivity contribution >= 4 is 5.91 Å². The summed E-state index contributed by atoms with van der Waals surface area (Å²) in [6.07, 6.45) is 1.11. The number of nitrogens with one attached hydrogen (secondary N) is 1. The number of amides is 1. The maximum atomic E-state index is 12.5. The van der Waals surface area contributed by atoms with Crippen molar-refractivity contribution < 1.29 is 4.79 Å². The van der Waals surface area contributed by atoms with Crippen LogP contribution >= 0.6 is 0 Å². The van der Waals surface area contributed by atoms with E-state index in [0.717, 1.165) is 37.3 Å². The quantitative estimate of drug-likeness (QED) is 0.868. The van der Waals surface area contributed by atoms with Gasteiger partial charge >= 0.3 is 0 Å². The number of aryl methyl sites for hydroxylation is 2. The summed E-state index contributed by atoms with van der Waals surface area (Å²) in [6, 6.07) is 1.92. The predicted molar refractivity (Wildman–Crippen MR) is 97.6 cm³/mol. The normalized spacial score (nSPS) is 18.3. The fourth-order valence-corrected chi connectivity index (χ4v) is 3.68. The van der Waals surface area contributed by atoms with Crippen LogP contribution < -0.4 is 10.9 Å². The first-order valence-electron chi connectivity index (χ1n) is 9.05. The van der Waals surface area contributed by atoms with Crippen molar-refractivity contribution in [3.8, 4) is 0 Å². The maximum Gasteiger partial charge on any atom is 0.263 e. The van der Waals surface area contributed by atoms with Crippen LogP contribution in [0.1, 0.15) is 48.8 Å². The molecule has 1 fully saturated rings. The Labute approximate surface area is 145 Å². The largest absolute Gasteiger partial charge is 0.352 e. The highest BCUT2D eigenvalue weighted by Gasteiger charge is 2.24. The first-order valence-corrected chi connectivity index (χ1v) is 9.05. The van der Waals surface area contributed by atoms with E-state index in [1.54, 1.807) is 4.57 Å². The highest BCUT2D eigenvalue weighted by molar-refractivity contribution is 5.95. The van der Waals surface area contributed by atoms with Crippen LogP contribution in [0.4, 0.5) is 0 Å². The van der Waals surface area contributed by atoms with Gasteiger partial charge in [-0.1, -0.05) is 13.8 Å². The van der Waals surface area contributed by atoms with E-state index in [4.69, 9.17) is 0 Å². The monoisotopic (exact) mass is 333 g/mol. The molecule has 1 aromatic heterocycles. The van der Waals surface area contributed by atoms with Gasteiger partial charge in [0.05, 0.1) is 0 Å². The summed E-state index contributed by atoms with van der Waals surface area (Å²) in [6.45, 7) is 14.6. The van der Waals surface area contributed by atoms with Crippen LogP contribution in [0, 0.1) is 25.7 Å². The highest BCUT2D eigenvalue weighted by Crippen LogP contribution is 2.17. The lowest BCUT2D eigenvalue weighted by atomic mass is 10.1. The molecular weight excluding hydrogens is 302 g/mol. The van der Waals surface area contributed by atoms with Crippen molar-refractivity contribution in [2.45, 2.75) is 47.6 Å². The van der Waals surface area contributed by atoms with Crippen molar-refractivity contribution in [2.24, 2.45) is 11.8 Å². The lowest BCUT2D eigenvalue weighted by Crippen LogP contribution is -2.37. The molecule has 0 aliphatic carbocycles. The van der Waals surface area contributed by atoms with Crippen molar-refractivity contribution in [3.63, 3.8) is 0 Å². The maximum absolute atomic E-state index is 12.5. The van der Waals surface area contributed by atoms with Crippen molar-refractivity contribution in [2.75, 3.05) is 26.2 Å². The third-order valence-electron chi connectivity index (χ3n) is 4.79. The predicted octanol–water partition coefficient (Wildman–Crippen LogP) is 2.19. The van der Waals surface area contributed by atoms with E-state index in [2.05, 4.69) is 24.1 Å². The van der Waals surface area contributed by atoms with Gasteiger partial charge in [0.1, 0.15) is 5.56 Å². The minimum Gasteiger partial charge on any atom is -0.352 e. The van der Waals surface area contributed by atoms with Gasteiger partial charge < -0.3 is 14.8 Å². The Morgan fingerprint density at radius 1 is 1.38 bits per heavy atom. The summed E-state index contributed by atoms with van der Waals surface area (Å²) in [5.41, 5.74) is 1.77. The van der Waals surface area contributed by atoms with Gasteiger partial charge in [-0.15, -0.1) is 0 Å². The zero-order valence-corrected chi connectivity index (χ0v) is 15.7. The Morgan fingerprint density at radius 2 is 2.08 bits per heavy atom. The summed E-state index contributed by atoms with van der Waals surface area (Å²) in [5.74, 6) is 0.912. The van der Waals surface area contributed by atoms with Crippen LogP contribution in [0.25, 0.3) is 0 Å². The number of hydrogen-bond donors (Lipinski definition) is 1. The van der Waals surface area contributed by atoms with E-state index in [1.165, 1.54) is 0 Å². The molecule has 1 amide bonds. The minimum atomic E-state index is -0.234. The van der Waals surface area contributed by atoms with Gasteiger partial charge in [0.25, 0.3) is 11.5 Å². The molecule has 1 saturated heterocycles. The Bertz CT molecular complexity index is 649. The Kier molecular flexibility index (Phi) is 6.21. The fourth-order valence-electron chi connectivity index (χ4n) is 3.68. The SMILES string of the molecule is CCn1c(C)cc(C)c(C(=O)NC[C@H]2CCN(CC(C)C)C2)c1=O. The van der Waals surface area contributed by atoms with E-state index in [9.17, 15) is 9.59 Å². The fraction of sp³-hybridized carbons (Fsp3) is 0.684. The number of hydrogen-bond acceptors (Lipinski definition) is 3. The molecule has 5 nitrogen and oxygen atoms in total. The van der Waals surface area contributed by atoms with Crippen LogP contribution in [-0.2, 0) is 6.54 Å². The summed E-state index contributed by atoms with van der Waals surface area (Å²) in [4.78, 5) is 27.6. The minimum absolute atomic E-state index is 0.180. The van der Waals surface area contributed by atoms with Crippen molar-refractivity contribution in [1.82, 2.24) is 14.8 Å². The molecule has 1 N–H and O–H groups in total. The summed E-state index contributed by atoms with van der Waals surface area (Å²) < 4.78 is 1.65. The van der Waals surface area contributed by atoms with Gasteiger partial charge in [-0.25, -0.2) is 0 Å². The Balaban J connectivity index is 2.00. The molecule has 0 unspecified atom stereocenters. The molecule has 0 aromatic carbocycles. The number of rotatable bonds is 6. The van der Waals surface area contributed by atoms with Gasteiger partial charge in [-0.3, -0.25) is 9.59 Å². The van der Waals surface area contributed by atoms with E-state index >= 15 is 0 Å². The van der Waals surface area contributed by atoms with Crippen LogP contribution in [0.5, 0.6) is 0 Å². The zero-order chi connectivity index (χ0) is 17.9. The number of nitrogens with zero attached hydrogens (tertiary/aromatic N) is 2. The van der Waals surface area contributed by atoms with E-state index in [1.807, 2.05) is 26.8 Å². The lowest BCUT2D eigenvalue weighted by molar-refractivity contribution is 0.0944. The number of pyridine rings is 1. The average molecular weight is 333 g/mol. The molecular formula is C19H31N3O2. The molecule has 1 atom stereocenters. The summed E-state index contributed by atoms with van der Waals surface area (Å²) in [7, 11) is 0. The summed E-state index contributed by atoms with van der Waals surface area (Å²) >= 11 is 0. The molecule has 2 rings (SSSR count). The van der Waals surface area contributed by atoms with Crippen LogP contribution in [-0.4, -0.2) is 41.6 Å². The van der Waals surface area contributed by atoms with Gasteiger partial charge in [-0.2, -0.15) is 0 Å². The second-order valence-electron chi connectivity index (χ2n) is 7.41. The van der Waals surface area contributed by atoms with Gasteiger partial charge in [-0.05, 0) is 57.2 Å². The van der Waals surface area contributed by atoms with Crippen molar-refractivity contribution in [1.29, 1.82) is 0 Å². The van der Waals surface area contributed by atoms with E-state index < -0.39 is 0 Å².